The van der Waals surface area contributed by atoms with Gasteiger partial charge >= 0.3 is 5.97 Å². The lowest BCUT2D eigenvalue weighted by Crippen LogP contribution is -2.17. The summed E-state index contributed by atoms with van der Waals surface area (Å²) in [5, 5.41) is 11.2. The van der Waals surface area contributed by atoms with Crippen LogP contribution in [0.4, 0.5) is 0 Å². The summed E-state index contributed by atoms with van der Waals surface area (Å²) in [6, 6.07) is 6.33. The van der Waals surface area contributed by atoms with Gasteiger partial charge in [-0.15, -0.1) is 0 Å². The summed E-state index contributed by atoms with van der Waals surface area (Å²) in [7, 11) is 1.51. The zero-order chi connectivity index (χ0) is 15.1. The first-order chi connectivity index (χ1) is 9.45. The maximum atomic E-state index is 11.7. The Labute approximate surface area is 124 Å². The summed E-state index contributed by atoms with van der Waals surface area (Å²) < 4.78 is 4.96. The van der Waals surface area contributed by atoms with Gasteiger partial charge in [0.1, 0.15) is 10.8 Å². The zero-order valence-corrected chi connectivity index (χ0v) is 11.8. The third kappa shape index (κ3) is 4.56. The molecule has 0 spiro atoms. The van der Waals surface area contributed by atoms with Gasteiger partial charge in [-0.1, -0.05) is 23.2 Å². The number of nitrogens with one attached hydrogen (secondary N) is 1. The first kappa shape index (κ1) is 16.0. The molecule has 1 aromatic rings. The topological polar surface area (TPSA) is 88.0 Å². The molecule has 2 N–H and O–H groups in total. The van der Waals surface area contributed by atoms with Gasteiger partial charge in [-0.3, -0.25) is 4.79 Å². The molecule has 0 aliphatic rings. The van der Waals surface area contributed by atoms with Gasteiger partial charge in [0.05, 0.1) is 18.4 Å². The second-order valence-corrected chi connectivity index (χ2v) is 4.18. The summed E-state index contributed by atoms with van der Waals surface area (Å²) in [4.78, 5) is 22.1. The fourth-order valence-electron chi connectivity index (χ4n) is 1.11. The van der Waals surface area contributed by atoms with Crippen molar-refractivity contribution in [3.63, 3.8) is 0 Å². The number of hydrogen-bond donors (Lipinski definition) is 2. The largest absolute Gasteiger partial charge is 0.497 e. The lowest BCUT2D eigenvalue weighted by molar-refractivity contribution is -0.131. The number of nitrogens with zero attached hydrogens (tertiary/aromatic N) is 1. The van der Waals surface area contributed by atoms with Crippen LogP contribution >= 0.6 is 23.2 Å². The molecule has 0 aliphatic carbocycles. The minimum atomic E-state index is -1.38. The van der Waals surface area contributed by atoms with Crippen LogP contribution in [0.5, 0.6) is 5.75 Å². The van der Waals surface area contributed by atoms with E-state index in [-0.39, 0.29) is 5.03 Å². The maximum Gasteiger partial charge on any atom is 0.348 e. The zero-order valence-electron chi connectivity index (χ0n) is 10.3. The van der Waals surface area contributed by atoms with Crippen LogP contribution in [0.25, 0.3) is 0 Å². The molecular weight excluding hydrogens is 307 g/mol. The molecule has 20 heavy (non-hydrogen) atoms. The number of carboxylic acid groups (broad SMARTS) is 1. The van der Waals surface area contributed by atoms with E-state index in [9.17, 15) is 9.59 Å². The second-order valence-electron chi connectivity index (χ2n) is 3.39. The minimum absolute atomic E-state index is 0.297. The van der Waals surface area contributed by atoms with E-state index < -0.39 is 16.9 Å². The van der Waals surface area contributed by atoms with Crippen molar-refractivity contribution in [1.29, 1.82) is 0 Å². The van der Waals surface area contributed by atoms with E-state index in [0.29, 0.717) is 11.3 Å². The Hall–Kier alpha value is -2.05. The van der Waals surface area contributed by atoms with Crippen molar-refractivity contribution < 1.29 is 19.4 Å². The summed E-state index contributed by atoms with van der Waals surface area (Å²) in [6.07, 6.45) is 0.930. The first-order valence-electron chi connectivity index (χ1n) is 5.21. The van der Waals surface area contributed by atoms with Crippen LogP contribution < -0.4 is 10.2 Å². The van der Waals surface area contributed by atoms with Gasteiger partial charge in [0.25, 0.3) is 5.91 Å². The monoisotopic (exact) mass is 316 g/mol. The van der Waals surface area contributed by atoms with Gasteiger partial charge in [-0.25, -0.2) is 10.2 Å². The third-order valence-electron chi connectivity index (χ3n) is 2.09. The normalized spacial score (nSPS) is 11.9. The summed E-state index contributed by atoms with van der Waals surface area (Å²) in [5.41, 5.74) is 2.53. The third-order valence-corrected chi connectivity index (χ3v) is 2.84. The molecule has 6 nitrogen and oxygen atoms in total. The minimum Gasteiger partial charge on any atom is -0.497 e. The molecule has 106 valence electrons. The van der Waals surface area contributed by atoms with Crippen molar-refractivity contribution in [2.75, 3.05) is 7.11 Å². The average Bonchev–Trinajstić information content (AvgIpc) is 2.46. The lowest BCUT2D eigenvalue weighted by Gasteiger charge is -2.02. The Balaban J connectivity index is 2.67. The highest BCUT2D eigenvalue weighted by atomic mass is 35.5. The molecule has 0 aliphatic heterocycles. The van der Waals surface area contributed by atoms with E-state index >= 15 is 0 Å². The number of benzene rings is 1. The molecule has 0 aromatic heterocycles. The Kier molecular flexibility index (Phi) is 6.02. The predicted octanol–water partition coefficient (Wildman–Crippen LogP) is 2.18. The van der Waals surface area contributed by atoms with Crippen LogP contribution in [0, 0.1) is 0 Å². The Morgan fingerprint density at radius 2 is 1.90 bits per heavy atom. The molecule has 8 heteroatoms. The van der Waals surface area contributed by atoms with Crippen molar-refractivity contribution in [3.05, 3.63) is 39.9 Å². The molecular formula is C12H10Cl2N2O4. The van der Waals surface area contributed by atoms with Gasteiger partial charge in [0.2, 0.25) is 0 Å². The molecule has 0 atom stereocenters. The van der Waals surface area contributed by atoms with Crippen LogP contribution in [-0.2, 0) is 4.79 Å². The molecule has 0 saturated carbocycles. The number of carbonyl (C=O) groups is 2. The van der Waals surface area contributed by atoms with Gasteiger partial charge in [-0.05, 0) is 24.3 Å². The van der Waals surface area contributed by atoms with E-state index in [2.05, 4.69) is 10.5 Å². The molecule has 0 radical (unpaired) electrons. The molecule has 1 aromatic carbocycles. The van der Waals surface area contributed by atoms with Crippen LogP contribution in [0.15, 0.2) is 39.4 Å². The highest BCUT2D eigenvalue weighted by molar-refractivity contribution is 6.51. The fraction of sp³-hybridized carbons (Fsp3) is 0.0833. The van der Waals surface area contributed by atoms with Crippen molar-refractivity contribution in [2.24, 2.45) is 5.10 Å². The molecule has 0 fully saturated rings. The number of carbonyl (C=O) groups excluding carboxylic acids is 1. The number of hydrazone groups is 1. The van der Waals surface area contributed by atoms with Gasteiger partial charge in [0.15, 0.2) is 0 Å². The number of ether oxygens (including phenoxy) is 1. The van der Waals surface area contributed by atoms with Crippen molar-refractivity contribution in [1.82, 2.24) is 5.43 Å². The summed E-state index contributed by atoms with van der Waals surface area (Å²) in [6.45, 7) is 0. The lowest BCUT2D eigenvalue weighted by atomic mass is 10.2. The number of halogens is 2. The van der Waals surface area contributed by atoms with E-state index in [0.717, 1.165) is 6.21 Å². The van der Waals surface area contributed by atoms with Gasteiger partial charge in [0, 0.05) is 5.56 Å². The van der Waals surface area contributed by atoms with Gasteiger partial charge in [-0.2, -0.15) is 5.10 Å². The highest BCUT2D eigenvalue weighted by Crippen LogP contribution is 2.12. The summed E-state index contributed by atoms with van der Waals surface area (Å²) >= 11 is 10.9. The van der Waals surface area contributed by atoms with Crippen LogP contribution in [0.3, 0.4) is 0 Å². The van der Waals surface area contributed by atoms with Crippen LogP contribution in [-0.4, -0.2) is 30.3 Å². The molecule has 0 bridgehead atoms. The number of methoxy groups -OCH3 is 1. The van der Waals surface area contributed by atoms with E-state index in [1.807, 2.05) is 0 Å². The fourth-order valence-corrected chi connectivity index (χ4v) is 1.29. The first-order valence-corrected chi connectivity index (χ1v) is 5.97. The Bertz CT molecular complexity index is 567. The quantitative estimate of drug-likeness (QED) is 0.495. The number of amides is 1. The average molecular weight is 317 g/mol. The highest BCUT2D eigenvalue weighted by Gasteiger charge is 2.08. The molecule has 1 amide bonds. The van der Waals surface area contributed by atoms with Crippen LogP contribution in [0.2, 0.25) is 0 Å². The second kappa shape index (κ2) is 7.52. The molecule has 0 unspecified atom stereocenters. The Morgan fingerprint density at radius 3 is 2.40 bits per heavy atom. The number of hydrogen-bond acceptors (Lipinski definition) is 4. The van der Waals surface area contributed by atoms with Crippen molar-refractivity contribution in [2.45, 2.75) is 0 Å². The van der Waals surface area contributed by atoms with E-state index in [4.69, 9.17) is 33.0 Å². The number of aliphatic carboxylic acids is 1. The molecule has 0 heterocycles. The Morgan fingerprint density at radius 1 is 1.30 bits per heavy atom. The number of allylic oxidation sites excluding steroid dienone is 1. The van der Waals surface area contributed by atoms with Gasteiger partial charge < -0.3 is 9.84 Å². The molecule has 1 rings (SSSR count). The number of carboxylic acids is 1. The molecule has 0 saturated heterocycles. The smallest absolute Gasteiger partial charge is 0.348 e. The number of rotatable bonds is 5. The summed E-state index contributed by atoms with van der Waals surface area (Å²) in [5.74, 6) is -1.26. The SMILES string of the molecule is COc1ccc(C(=O)N/N=C\C(Cl)=C(/Cl)C(=O)O)cc1. The maximum absolute atomic E-state index is 11.7. The standard InChI is InChI=1S/C12H10Cl2N2O4/c1-20-8-4-2-7(3-5-8)11(17)16-15-6-9(13)10(14)12(18)19/h2-6H,1H3,(H,16,17)(H,18,19)/b10-9+,15-6-. The van der Waals surface area contributed by atoms with E-state index in [1.54, 1.807) is 24.3 Å². The van der Waals surface area contributed by atoms with E-state index in [1.165, 1.54) is 7.11 Å². The van der Waals surface area contributed by atoms with Crippen molar-refractivity contribution in [3.8, 4) is 5.75 Å². The van der Waals surface area contributed by atoms with Crippen LogP contribution in [0.1, 0.15) is 10.4 Å². The predicted molar refractivity (Wildman–Crippen MR) is 75.3 cm³/mol. The van der Waals surface area contributed by atoms with Crippen molar-refractivity contribution >= 4 is 41.3 Å².